The van der Waals surface area contributed by atoms with Crippen molar-refractivity contribution in [2.45, 2.75) is 13.5 Å². The normalized spacial score (nSPS) is 10.4. The molecule has 0 spiro atoms. The standard InChI is InChI=1S/C12H14FN3/c1-9-7-10(3-4-12(9)13)14-8-11-5-6-15-16(11)2/h3-7,14H,8H2,1-2H3. The Morgan fingerprint density at radius 1 is 1.38 bits per heavy atom. The zero-order chi connectivity index (χ0) is 11.5. The number of nitrogens with one attached hydrogen (secondary N) is 1. The van der Waals surface area contributed by atoms with Crippen LogP contribution in [0, 0.1) is 12.7 Å². The van der Waals surface area contributed by atoms with Crippen molar-refractivity contribution in [2.75, 3.05) is 5.32 Å². The van der Waals surface area contributed by atoms with Crippen LogP contribution in [0.1, 0.15) is 11.3 Å². The second-order valence-electron chi connectivity index (χ2n) is 3.76. The largest absolute Gasteiger partial charge is 0.379 e. The maximum atomic E-state index is 13.0. The van der Waals surface area contributed by atoms with Crippen LogP contribution < -0.4 is 5.32 Å². The third kappa shape index (κ3) is 2.21. The van der Waals surface area contributed by atoms with Gasteiger partial charge in [0.05, 0.1) is 12.2 Å². The van der Waals surface area contributed by atoms with Crippen molar-refractivity contribution in [3.05, 3.63) is 47.5 Å². The maximum absolute atomic E-state index is 13.0. The van der Waals surface area contributed by atoms with Gasteiger partial charge in [-0.15, -0.1) is 0 Å². The van der Waals surface area contributed by atoms with Crippen molar-refractivity contribution in [1.29, 1.82) is 0 Å². The summed E-state index contributed by atoms with van der Waals surface area (Å²) in [6.07, 6.45) is 1.76. The minimum Gasteiger partial charge on any atom is -0.379 e. The Morgan fingerprint density at radius 2 is 2.19 bits per heavy atom. The summed E-state index contributed by atoms with van der Waals surface area (Å²) in [5, 5.41) is 7.31. The summed E-state index contributed by atoms with van der Waals surface area (Å²) in [4.78, 5) is 0. The SMILES string of the molecule is Cc1cc(NCc2ccnn2C)ccc1F. The van der Waals surface area contributed by atoms with Crippen LogP contribution in [0.25, 0.3) is 0 Å². The predicted octanol–water partition coefficient (Wildman–Crippen LogP) is 2.48. The Hall–Kier alpha value is -1.84. The third-order valence-electron chi connectivity index (χ3n) is 2.55. The lowest BCUT2D eigenvalue weighted by atomic mass is 10.2. The van der Waals surface area contributed by atoms with Gasteiger partial charge in [-0.25, -0.2) is 4.39 Å². The number of nitrogens with zero attached hydrogens (tertiary/aromatic N) is 2. The molecule has 4 heteroatoms. The van der Waals surface area contributed by atoms with Crippen molar-refractivity contribution in [1.82, 2.24) is 9.78 Å². The smallest absolute Gasteiger partial charge is 0.126 e. The van der Waals surface area contributed by atoms with Crippen LogP contribution in [0.4, 0.5) is 10.1 Å². The Balaban J connectivity index is 2.05. The first-order valence-electron chi connectivity index (χ1n) is 5.14. The van der Waals surface area contributed by atoms with Gasteiger partial charge >= 0.3 is 0 Å². The zero-order valence-corrected chi connectivity index (χ0v) is 9.37. The fraction of sp³-hybridized carbons (Fsp3) is 0.250. The summed E-state index contributed by atoms with van der Waals surface area (Å²) in [5.74, 6) is -0.175. The van der Waals surface area contributed by atoms with E-state index >= 15 is 0 Å². The number of anilines is 1. The molecule has 84 valence electrons. The molecule has 0 aliphatic carbocycles. The monoisotopic (exact) mass is 219 g/mol. The lowest BCUT2D eigenvalue weighted by Crippen LogP contribution is -2.05. The van der Waals surface area contributed by atoms with Crippen molar-refractivity contribution >= 4 is 5.69 Å². The summed E-state index contributed by atoms with van der Waals surface area (Å²) in [7, 11) is 1.90. The summed E-state index contributed by atoms with van der Waals surface area (Å²) >= 11 is 0. The Labute approximate surface area is 93.9 Å². The van der Waals surface area contributed by atoms with E-state index in [0.29, 0.717) is 12.1 Å². The highest BCUT2D eigenvalue weighted by molar-refractivity contribution is 5.46. The Kier molecular flexibility index (Phi) is 2.90. The van der Waals surface area contributed by atoms with Gasteiger partial charge in [-0.2, -0.15) is 5.10 Å². The van der Waals surface area contributed by atoms with Crippen LogP contribution in [0.2, 0.25) is 0 Å². The minimum atomic E-state index is -0.175. The number of aryl methyl sites for hydroxylation is 2. The van der Waals surface area contributed by atoms with Gasteiger partial charge in [-0.3, -0.25) is 4.68 Å². The van der Waals surface area contributed by atoms with E-state index in [-0.39, 0.29) is 5.82 Å². The predicted molar refractivity (Wildman–Crippen MR) is 61.7 cm³/mol. The number of aromatic nitrogens is 2. The van der Waals surface area contributed by atoms with Gasteiger partial charge in [0.25, 0.3) is 0 Å². The molecule has 1 aromatic heterocycles. The second kappa shape index (κ2) is 4.35. The molecule has 2 aromatic rings. The van der Waals surface area contributed by atoms with Crippen LogP contribution in [-0.4, -0.2) is 9.78 Å². The first-order valence-corrected chi connectivity index (χ1v) is 5.14. The summed E-state index contributed by atoms with van der Waals surface area (Å²) < 4.78 is 14.8. The topological polar surface area (TPSA) is 29.9 Å². The van der Waals surface area contributed by atoms with Gasteiger partial charge < -0.3 is 5.32 Å². The van der Waals surface area contributed by atoms with Crippen LogP contribution in [-0.2, 0) is 13.6 Å². The van der Waals surface area contributed by atoms with Crippen molar-refractivity contribution in [3.63, 3.8) is 0 Å². The van der Waals surface area contributed by atoms with Gasteiger partial charge in [0.15, 0.2) is 0 Å². The molecule has 0 saturated carbocycles. The van der Waals surface area contributed by atoms with Crippen LogP contribution in [0.15, 0.2) is 30.5 Å². The molecule has 1 N–H and O–H groups in total. The molecule has 0 fully saturated rings. The molecular weight excluding hydrogens is 205 g/mol. The minimum absolute atomic E-state index is 0.175. The van der Waals surface area contributed by atoms with E-state index in [2.05, 4.69) is 10.4 Å². The average molecular weight is 219 g/mol. The second-order valence-corrected chi connectivity index (χ2v) is 3.76. The first kappa shape index (κ1) is 10.7. The fourth-order valence-corrected chi connectivity index (χ4v) is 1.52. The Bertz CT molecular complexity index is 491. The number of hydrogen-bond acceptors (Lipinski definition) is 2. The van der Waals surface area contributed by atoms with Crippen molar-refractivity contribution in [2.24, 2.45) is 7.05 Å². The maximum Gasteiger partial charge on any atom is 0.126 e. The van der Waals surface area contributed by atoms with E-state index in [1.165, 1.54) is 6.07 Å². The molecular formula is C12H14FN3. The molecule has 0 radical (unpaired) electrons. The molecule has 0 unspecified atom stereocenters. The van der Waals surface area contributed by atoms with E-state index < -0.39 is 0 Å². The van der Waals surface area contributed by atoms with Crippen LogP contribution in [0.5, 0.6) is 0 Å². The molecule has 0 aliphatic rings. The molecule has 1 aromatic carbocycles. The molecule has 3 nitrogen and oxygen atoms in total. The fourth-order valence-electron chi connectivity index (χ4n) is 1.52. The Morgan fingerprint density at radius 3 is 2.81 bits per heavy atom. The molecule has 0 bridgehead atoms. The van der Waals surface area contributed by atoms with Crippen molar-refractivity contribution < 1.29 is 4.39 Å². The van der Waals surface area contributed by atoms with Gasteiger partial charge in [-0.05, 0) is 36.8 Å². The van der Waals surface area contributed by atoms with Gasteiger partial charge in [0.2, 0.25) is 0 Å². The average Bonchev–Trinajstić information content (AvgIpc) is 2.66. The van der Waals surface area contributed by atoms with Gasteiger partial charge in [0, 0.05) is 18.9 Å². The summed E-state index contributed by atoms with van der Waals surface area (Å²) in [5.41, 5.74) is 2.65. The molecule has 0 saturated heterocycles. The molecule has 1 heterocycles. The van der Waals surface area contributed by atoms with E-state index in [0.717, 1.165) is 11.4 Å². The molecule has 16 heavy (non-hydrogen) atoms. The summed E-state index contributed by atoms with van der Waals surface area (Å²) in [6.45, 7) is 2.44. The lowest BCUT2D eigenvalue weighted by Gasteiger charge is -2.07. The zero-order valence-electron chi connectivity index (χ0n) is 9.37. The lowest BCUT2D eigenvalue weighted by molar-refractivity contribution is 0.618. The third-order valence-corrected chi connectivity index (χ3v) is 2.55. The molecule has 0 amide bonds. The van der Waals surface area contributed by atoms with Gasteiger partial charge in [-0.1, -0.05) is 0 Å². The van der Waals surface area contributed by atoms with E-state index in [9.17, 15) is 4.39 Å². The summed E-state index contributed by atoms with van der Waals surface area (Å²) in [6, 6.07) is 6.95. The molecule has 2 rings (SSSR count). The molecule has 0 aliphatic heterocycles. The number of hydrogen-bond donors (Lipinski definition) is 1. The molecule has 0 atom stereocenters. The first-order chi connectivity index (χ1) is 7.66. The highest BCUT2D eigenvalue weighted by Gasteiger charge is 2.00. The highest BCUT2D eigenvalue weighted by Crippen LogP contribution is 2.14. The number of benzene rings is 1. The van der Waals surface area contributed by atoms with Crippen molar-refractivity contribution in [3.8, 4) is 0 Å². The van der Waals surface area contributed by atoms with E-state index in [1.54, 1.807) is 25.3 Å². The number of rotatable bonds is 3. The quantitative estimate of drug-likeness (QED) is 0.859. The highest BCUT2D eigenvalue weighted by atomic mass is 19.1. The van der Waals surface area contributed by atoms with Gasteiger partial charge in [0.1, 0.15) is 5.82 Å². The van der Waals surface area contributed by atoms with E-state index in [1.807, 2.05) is 17.8 Å². The van der Waals surface area contributed by atoms with Crippen LogP contribution in [0.3, 0.4) is 0 Å². The number of halogens is 1. The van der Waals surface area contributed by atoms with Crippen LogP contribution >= 0.6 is 0 Å². The van der Waals surface area contributed by atoms with E-state index in [4.69, 9.17) is 0 Å².